The van der Waals surface area contributed by atoms with Crippen LogP contribution in [0.5, 0.6) is 5.75 Å². The molecule has 1 aromatic rings. The average molecular weight is 289 g/mol. The summed E-state index contributed by atoms with van der Waals surface area (Å²) in [5.74, 6) is 1.06. The van der Waals surface area contributed by atoms with E-state index in [2.05, 4.69) is 37.4 Å². The second-order valence-electron chi connectivity index (χ2n) is 6.34. The van der Waals surface area contributed by atoms with Gasteiger partial charge in [0, 0.05) is 13.0 Å². The number of hydrogen-bond donors (Lipinski definition) is 1. The van der Waals surface area contributed by atoms with E-state index in [-0.39, 0.29) is 0 Å². The van der Waals surface area contributed by atoms with Crippen molar-refractivity contribution >= 4 is 0 Å². The number of fused-ring (bicyclic) bond motifs is 1. The van der Waals surface area contributed by atoms with E-state index in [9.17, 15) is 0 Å². The Kier molecular flexibility index (Phi) is 4.81. The molecule has 0 bridgehead atoms. The average Bonchev–Trinajstić information content (AvgIpc) is 2.88. The molecule has 1 saturated heterocycles. The number of benzene rings is 1. The Morgan fingerprint density at radius 1 is 1.33 bits per heavy atom. The molecule has 3 atom stereocenters. The van der Waals surface area contributed by atoms with Gasteiger partial charge in [0.15, 0.2) is 0 Å². The molecule has 1 fully saturated rings. The zero-order valence-corrected chi connectivity index (χ0v) is 13.2. The first-order chi connectivity index (χ1) is 10.3. The Morgan fingerprint density at radius 3 is 3.00 bits per heavy atom. The second-order valence-corrected chi connectivity index (χ2v) is 6.34. The molecule has 2 heterocycles. The van der Waals surface area contributed by atoms with E-state index in [0.29, 0.717) is 18.2 Å². The van der Waals surface area contributed by atoms with E-state index >= 15 is 0 Å². The molecule has 2 aliphatic rings. The smallest absolute Gasteiger partial charge is 0.123 e. The predicted molar refractivity (Wildman–Crippen MR) is 84.9 cm³/mol. The molecule has 0 radical (unpaired) electrons. The van der Waals surface area contributed by atoms with Crippen LogP contribution in [-0.4, -0.2) is 25.4 Å². The van der Waals surface area contributed by atoms with Crippen LogP contribution < -0.4 is 10.1 Å². The van der Waals surface area contributed by atoms with Crippen molar-refractivity contribution in [2.75, 3.05) is 13.2 Å². The molecule has 0 aliphatic carbocycles. The molecule has 0 spiro atoms. The number of hydrogen-bond acceptors (Lipinski definition) is 3. The van der Waals surface area contributed by atoms with Gasteiger partial charge in [0.1, 0.15) is 11.9 Å². The molecular weight excluding hydrogens is 262 g/mol. The standard InChI is InChI=1S/C18H27NO2/c1-3-9-19-18(17-6-4-5-10-20-17)14-7-8-16-15(12-14)11-13(2)21-16/h7-8,12-13,17-19H,3-6,9-11H2,1-2H3. The van der Waals surface area contributed by atoms with Crippen molar-refractivity contribution in [3.63, 3.8) is 0 Å². The van der Waals surface area contributed by atoms with Crippen molar-refractivity contribution in [1.29, 1.82) is 0 Å². The summed E-state index contributed by atoms with van der Waals surface area (Å²) in [6, 6.07) is 6.98. The van der Waals surface area contributed by atoms with Crippen LogP contribution in [0.4, 0.5) is 0 Å². The second kappa shape index (κ2) is 6.80. The van der Waals surface area contributed by atoms with Crippen LogP contribution in [0.3, 0.4) is 0 Å². The Hall–Kier alpha value is -1.06. The van der Waals surface area contributed by atoms with Gasteiger partial charge in [0.25, 0.3) is 0 Å². The molecule has 3 nitrogen and oxygen atoms in total. The molecule has 3 heteroatoms. The largest absolute Gasteiger partial charge is 0.490 e. The first kappa shape index (κ1) is 14.9. The summed E-state index contributed by atoms with van der Waals surface area (Å²) in [6.07, 6.45) is 6.42. The van der Waals surface area contributed by atoms with Gasteiger partial charge in [-0.3, -0.25) is 0 Å². The third-order valence-corrected chi connectivity index (χ3v) is 4.48. The van der Waals surface area contributed by atoms with Gasteiger partial charge in [-0.05, 0) is 56.3 Å². The maximum Gasteiger partial charge on any atom is 0.123 e. The highest BCUT2D eigenvalue weighted by molar-refractivity contribution is 5.41. The lowest BCUT2D eigenvalue weighted by molar-refractivity contribution is -0.00816. The Bertz CT molecular complexity index is 468. The monoisotopic (exact) mass is 289 g/mol. The fourth-order valence-corrected chi connectivity index (χ4v) is 3.43. The van der Waals surface area contributed by atoms with Crippen LogP contribution in [0.2, 0.25) is 0 Å². The molecule has 116 valence electrons. The summed E-state index contributed by atoms with van der Waals surface area (Å²) < 4.78 is 11.9. The van der Waals surface area contributed by atoms with Crippen molar-refractivity contribution in [3.05, 3.63) is 29.3 Å². The number of rotatable bonds is 5. The molecule has 0 amide bonds. The van der Waals surface area contributed by atoms with Crippen LogP contribution >= 0.6 is 0 Å². The molecule has 1 N–H and O–H groups in total. The number of nitrogens with one attached hydrogen (secondary N) is 1. The zero-order valence-electron chi connectivity index (χ0n) is 13.2. The summed E-state index contributed by atoms with van der Waals surface area (Å²) in [5, 5.41) is 3.69. The Morgan fingerprint density at radius 2 is 2.24 bits per heavy atom. The van der Waals surface area contributed by atoms with E-state index < -0.39 is 0 Å². The summed E-state index contributed by atoms with van der Waals surface area (Å²) in [7, 11) is 0. The van der Waals surface area contributed by atoms with Gasteiger partial charge in [-0.15, -0.1) is 0 Å². The number of ether oxygens (including phenoxy) is 2. The molecule has 2 aliphatic heterocycles. The third kappa shape index (κ3) is 3.41. The normalized spacial score (nSPS) is 26.2. The van der Waals surface area contributed by atoms with E-state index in [1.165, 1.54) is 24.0 Å². The summed E-state index contributed by atoms with van der Waals surface area (Å²) in [4.78, 5) is 0. The maximum atomic E-state index is 6.04. The van der Waals surface area contributed by atoms with Gasteiger partial charge in [0.2, 0.25) is 0 Å². The van der Waals surface area contributed by atoms with Crippen molar-refractivity contribution in [1.82, 2.24) is 5.32 Å². The van der Waals surface area contributed by atoms with Crippen molar-refractivity contribution < 1.29 is 9.47 Å². The van der Waals surface area contributed by atoms with Gasteiger partial charge in [0.05, 0.1) is 12.1 Å². The fraction of sp³-hybridized carbons (Fsp3) is 0.667. The van der Waals surface area contributed by atoms with Gasteiger partial charge in [-0.2, -0.15) is 0 Å². The van der Waals surface area contributed by atoms with Crippen LogP contribution in [0.15, 0.2) is 18.2 Å². The van der Waals surface area contributed by atoms with E-state index in [1.54, 1.807) is 0 Å². The zero-order chi connectivity index (χ0) is 14.7. The quantitative estimate of drug-likeness (QED) is 0.898. The Labute approximate surface area is 128 Å². The first-order valence-corrected chi connectivity index (χ1v) is 8.42. The highest BCUT2D eigenvalue weighted by Gasteiger charge is 2.27. The van der Waals surface area contributed by atoms with Gasteiger partial charge >= 0.3 is 0 Å². The summed E-state index contributed by atoms with van der Waals surface area (Å²) >= 11 is 0. The molecule has 21 heavy (non-hydrogen) atoms. The van der Waals surface area contributed by atoms with Gasteiger partial charge in [-0.1, -0.05) is 19.1 Å². The highest BCUT2D eigenvalue weighted by atomic mass is 16.5. The van der Waals surface area contributed by atoms with Crippen LogP contribution in [0.1, 0.15) is 56.7 Å². The summed E-state index contributed by atoms with van der Waals surface area (Å²) in [6.45, 7) is 6.29. The predicted octanol–water partition coefficient (Wildman–Crippen LogP) is 3.62. The molecule has 0 aromatic heterocycles. The maximum absolute atomic E-state index is 6.04. The minimum Gasteiger partial charge on any atom is -0.490 e. The third-order valence-electron chi connectivity index (χ3n) is 4.48. The van der Waals surface area contributed by atoms with Crippen LogP contribution in [0.25, 0.3) is 0 Å². The van der Waals surface area contributed by atoms with Crippen LogP contribution in [0, 0.1) is 0 Å². The lowest BCUT2D eigenvalue weighted by Gasteiger charge is -2.31. The van der Waals surface area contributed by atoms with Crippen molar-refractivity contribution in [2.24, 2.45) is 0 Å². The minimum absolute atomic E-state index is 0.308. The van der Waals surface area contributed by atoms with Crippen molar-refractivity contribution in [3.8, 4) is 5.75 Å². The topological polar surface area (TPSA) is 30.5 Å². The molecular formula is C18H27NO2. The SMILES string of the molecule is CCCNC(c1ccc2c(c1)CC(C)O2)C1CCCCO1. The Balaban J connectivity index is 1.80. The van der Waals surface area contributed by atoms with Crippen LogP contribution in [-0.2, 0) is 11.2 Å². The fourth-order valence-electron chi connectivity index (χ4n) is 3.43. The lowest BCUT2D eigenvalue weighted by Crippen LogP contribution is -2.36. The van der Waals surface area contributed by atoms with Gasteiger partial charge < -0.3 is 14.8 Å². The van der Waals surface area contributed by atoms with E-state index in [0.717, 1.165) is 38.2 Å². The van der Waals surface area contributed by atoms with E-state index in [1.807, 2.05) is 0 Å². The molecule has 1 aromatic carbocycles. The first-order valence-electron chi connectivity index (χ1n) is 8.42. The van der Waals surface area contributed by atoms with Gasteiger partial charge in [-0.25, -0.2) is 0 Å². The minimum atomic E-state index is 0.308. The molecule has 3 rings (SSSR count). The van der Waals surface area contributed by atoms with E-state index in [4.69, 9.17) is 9.47 Å². The molecule has 0 saturated carbocycles. The van der Waals surface area contributed by atoms with Crippen molar-refractivity contribution in [2.45, 2.75) is 64.2 Å². The molecule has 3 unspecified atom stereocenters. The summed E-state index contributed by atoms with van der Waals surface area (Å²) in [5.41, 5.74) is 2.70. The lowest BCUT2D eigenvalue weighted by atomic mass is 9.93. The highest BCUT2D eigenvalue weighted by Crippen LogP contribution is 2.33.